The molecule has 0 saturated carbocycles. The Morgan fingerprint density at radius 1 is 1.12 bits per heavy atom. The van der Waals surface area contributed by atoms with E-state index in [1.165, 1.54) is 30.3 Å². The third-order valence-electron chi connectivity index (χ3n) is 2.78. The van der Waals surface area contributed by atoms with Crippen LogP contribution in [0.2, 0.25) is 0 Å². The number of benzene rings is 2. The number of carbonyl (C=O) groups is 1. The highest BCUT2D eigenvalue weighted by molar-refractivity contribution is 9.10. The van der Waals surface area contributed by atoms with Gasteiger partial charge in [-0.15, -0.1) is 13.2 Å². The Hall–Kier alpha value is -2.29. The highest BCUT2D eigenvalue weighted by Crippen LogP contribution is 2.24. The van der Waals surface area contributed by atoms with Crippen LogP contribution in [0.15, 0.2) is 46.9 Å². The van der Waals surface area contributed by atoms with Crippen molar-refractivity contribution in [2.45, 2.75) is 12.9 Å². The van der Waals surface area contributed by atoms with Crippen molar-refractivity contribution in [3.05, 3.63) is 58.3 Å². The number of ether oxygens (including phenoxy) is 1. The summed E-state index contributed by atoms with van der Waals surface area (Å²) in [7, 11) is 0. The number of hydrogen-bond acceptors (Lipinski definition) is 2. The van der Waals surface area contributed by atoms with E-state index in [0.717, 1.165) is 12.1 Å². The number of rotatable bonds is 4. The van der Waals surface area contributed by atoms with Crippen molar-refractivity contribution in [2.75, 3.05) is 5.32 Å². The number of alkyl halides is 3. The minimum absolute atomic E-state index is 0.153. The molecular weight excluding hydrogens is 396 g/mol. The van der Waals surface area contributed by atoms with Gasteiger partial charge in [-0.05, 0) is 57.9 Å². The van der Waals surface area contributed by atoms with Crippen LogP contribution in [0, 0.1) is 5.82 Å². The molecule has 0 unspecified atom stereocenters. The van der Waals surface area contributed by atoms with Gasteiger partial charge in [0.25, 0.3) is 0 Å². The van der Waals surface area contributed by atoms with Crippen molar-refractivity contribution in [1.29, 1.82) is 0 Å². The number of carbonyl (C=O) groups excluding carboxylic acids is 1. The van der Waals surface area contributed by atoms with Gasteiger partial charge < -0.3 is 15.4 Å². The summed E-state index contributed by atoms with van der Waals surface area (Å²) in [6, 6.07) is 8.46. The van der Waals surface area contributed by atoms with Crippen LogP contribution >= 0.6 is 15.9 Å². The number of anilines is 1. The molecule has 0 radical (unpaired) electrons. The van der Waals surface area contributed by atoms with Crippen LogP contribution in [0.4, 0.5) is 28.0 Å². The van der Waals surface area contributed by atoms with Crippen molar-refractivity contribution in [3.63, 3.8) is 0 Å². The van der Waals surface area contributed by atoms with Crippen molar-refractivity contribution >= 4 is 27.6 Å². The van der Waals surface area contributed by atoms with Crippen LogP contribution in [0.1, 0.15) is 5.56 Å². The van der Waals surface area contributed by atoms with Crippen molar-refractivity contribution in [1.82, 2.24) is 5.32 Å². The number of hydrogen-bond donors (Lipinski definition) is 2. The number of urea groups is 1. The molecule has 9 heteroatoms. The first-order valence-electron chi connectivity index (χ1n) is 6.57. The Bertz CT molecular complexity index is 720. The van der Waals surface area contributed by atoms with Crippen LogP contribution in [0.3, 0.4) is 0 Å². The van der Waals surface area contributed by atoms with Gasteiger partial charge in [0.05, 0.1) is 4.47 Å². The van der Waals surface area contributed by atoms with E-state index in [2.05, 4.69) is 31.3 Å². The highest BCUT2D eigenvalue weighted by atomic mass is 79.9. The van der Waals surface area contributed by atoms with Crippen molar-refractivity contribution in [3.8, 4) is 5.75 Å². The minimum Gasteiger partial charge on any atom is -0.406 e. The topological polar surface area (TPSA) is 50.4 Å². The smallest absolute Gasteiger partial charge is 0.406 e. The standard InChI is InChI=1S/C15H11BrF4N2O2/c16-12-7-9(1-6-13(12)17)8-21-14(23)22-10-2-4-11(5-3-10)24-15(18,19)20/h1-7H,8H2,(H2,21,22,23). The third kappa shape index (κ3) is 5.73. The molecule has 0 aliphatic heterocycles. The summed E-state index contributed by atoms with van der Waals surface area (Å²) < 4.78 is 53.2. The van der Waals surface area contributed by atoms with Crippen LogP contribution in [0.5, 0.6) is 5.75 Å². The van der Waals surface area contributed by atoms with Crippen molar-refractivity contribution < 1.29 is 27.1 Å². The van der Waals surface area contributed by atoms with E-state index in [9.17, 15) is 22.4 Å². The van der Waals surface area contributed by atoms with Gasteiger partial charge in [-0.3, -0.25) is 0 Å². The number of nitrogens with one attached hydrogen (secondary N) is 2. The molecule has 0 aliphatic rings. The zero-order valence-corrected chi connectivity index (χ0v) is 13.5. The second-order valence-electron chi connectivity index (χ2n) is 4.63. The van der Waals surface area contributed by atoms with Gasteiger partial charge >= 0.3 is 12.4 Å². The Kier molecular flexibility index (Phi) is 5.66. The van der Waals surface area contributed by atoms with E-state index in [0.29, 0.717) is 11.3 Å². The first kappa shape index (κ1) is 18.1. The summed E-state index contributed by atoms with van der Waals surface area (Å²) in [5.74, 6) is -0.797. The molecule has 2 N–H and O–H groups in total. The van der Waals surface area contributed by atoms with Gasteiger partial charge in [0.1, 0.15) is 11.6 Å². The average molecular weight is 407 g/mol. The normalized spacial score (nSPS) is 11.0. The SMILES string of the molecule is O=C(NCc1ccc(F)c(Br)c1)Nc1ccc(OC(F)(F)F)cc1. The maximum absolute atomic E-state index is 13.1. The number of halogens is 5. The molecule has 0 aliphatic carbocycles. The molecule has 2 aromatic carbocycles. The number of amides is 2. The van der Waals surface area contributed by atoms with Crippen LogP contribution in [-0.4, -0.2) is 12.4 Å². The molecule has 0 atom stereocenters. The van der Waals surface area contributed by atoms with Crippen LogP contribution in [-0.2, 0) is 6.54 Å². The van der Waals surface area contributed by atoms with E-state index in [1.807, 2.05) is 0 Å². The van der Waals surface area contributed by atoms with Gasteiger partial charge in [0.2, 0.25) is 0 Å². The van der Waals surface area contributed by atoms with Gasteiger partial charge in [0, 0.05) is 12.2 Å². The fourth-order valence-corrected chi connectivity index (χ4v) is 2.17. The molecular formula is C15H11BrF4N2O2. The Morgan fingerprint density at radius 2 is 1.79 bits per heavy atom. The fraction of sp³-hybridized carbons (Fsp3) is 0.133. The summed E-state index contributed by atoms with van der Waals surface area (Å²) in [4.78, 5) is 11.7. The van der Waals surface area contributed by atoms with E-state index in [4.69, 9.17) is 0 Å². The Labute approximate surface area is 142 Å². The second-order valence-corrected chi connectivity index (χ2v) is 5.48. The molecule has 0 heterocycles. The lowest BCUT2D eigenvalue weighted by Gasteiger charge is -2.10. The summed E-state index contributed by atoms with van der Waals surface area (Å²) >= 11 is 3.04. The van der Waals surface area contributed by atoms with Crippen LogP contribution in [0.25, 0.3) is 0 Å². The Balaban J connectivity index is 1.86. The van der Waals surface area contributed by atoms with Gasteiger partial charge in [-0.25, -0.2) is 9.18 Å². The third-order valence-corrected chi connectivity index (χ3v) is 3.39. The lowest BCUT2D eigenvalue weighted by molar-refractivity contribution is -0.274. The summed E-state index contributed by atoms with van der Waals surface area (Å²) in [5, 5.41) is 5.00. The fourth-order valence-electron chi connectivity index (χ4n) is 1.75. The second kappa shape index (κ2) is 7.52. The van der Waals surface area contributed by atoms with Gasteiger partial charge in [-0.2, -0.15) is 0 Å². The summed E-state index contributed by atoms with van der Waals surface area (Å²) in [6.45, 7) is 0.153. The zero-order chi connectivity index (χ0) is 17.7. The maximum atomic E-state index is 13.1. The van der Waals surface area contributed by atoms with E-state index in [1.54, 1.807) is 0 Å². The predicted octanol–water partition coefficient (Wildman–Crippen LogP) is 4.81. The lowest BCUT2D eigenvalue weighted by Crippen LogP contribution is -2.28. The van der Waals surface area contributed by atoms with Gasteiger partial charge in [-0.1, -0.05) is 6.07 Å². The maximum Gasteiger partial charge on any atom is 0.573 e. The Morgan fingerprint density at radius 3 is 2.38 bits per heavy atom. The van der Waals surface area contributed by atoms with Crippen molar-refractivity contribution in [2.24, 2.45) is 0 Å². The van der Waals surface area contributed by atoms with E-state index in [-0.39, 0.29) is 16.8 Å². The molecule has 0 aromatic heterocycles. The lowest BCUT2D eigenvalue weighted by atomic mass is 10.2. The molecule has 24 heavy (non-hydrogen) atoms. The summed E-state index contributed by atoms with van der Waals surface area (Å²) in [5.41, 5.74) is 0.967. The molecule has 2 rings (SSSR count). The zero-order valence-electron chi connectivity index (χ0n) is 12.0. The first-order valence-corrected chi connectivity index (χ1v) is 7.37. The van der Waals surface area contributed by atoms with Crippen LogP contribution < -0.4 is 15.4 Å². The molecule has 0 spiro atoms. The molecule has 4 nitrogen and oxygen atoms in total. The summed E-state index contributed by atoms with van der Waals surface area (Å²) in [6.07, 6.45) is -4.77. The molecule has 0 saturated heterocycles. The molecule has 0 fully saturated rings. The predicted molar refractivity (Wildman–Crippen MR) is 83.1 cm³/mol. The molecule has 2 aromatic rings. The quantitative estimate of drug-likeness (QED) is 0.715. The minimum atomic E-state index is -4.77. The van der Waals surface area contributed by atoms with Gasteiger partial charge in [0.15, 0.2) is 0 Å². The van der Waals surface area contributed by atoms with E-state index >= 15 is 0 Å². The monoisotopic (exact) mass is 406 g/mol. The largest absolute Gasteiger partial charge is 0.573 e. The average Bonchev–Trinajstić information content (AvgIpc) is 2.49. The first-order chi connectivity index (χ1) is 11.2. The molecule has 0 bridgehead atoms. The molecule has 128 valence electrons. The highest BCUT2D eigenvalue weighted by Gasteiger charge is 2.30. The van der Waals surface area contributed by atoms with E-state index < -0.39 is 18.2 Å². The molecule has 2 amide bonds.